The highest BCUT2D eigenvalue weighted by Crippen LogP contribution is 2.39. The van der Waals surface area contributed by atoms with Gasteiger partial charge in [0.15, 0.2) is 5.13 Å². The quantitative estimate of drug-likeness (QED) is 0.441. The number of amides is 1. The number of hydrogen-bond donors (Lipinski definition) is 1. The number of aromatic nitrogens is 1. The van der Waals surface area contributed by atoms with Crippen LogP contribution in [0.5, 0.6) is 5.75 Å². The summed E-state index contributed by atoms with van der Waals surface area (Å²) in [5.74, 6) is 0.363. The zero-order valence-electron chi connectivity index (χ0n) is 18.9. The lowest BCUT2D eigenvalue weighted by Gasteiger charge is -2.19. The molecule has 1 amide bonds. The molecule has 3 rings (SSSR count). The molecule has 1 aromatic heterocycles. The Bertz CT molecular complexity index is 1150. The molecule has 166 valence electrons. The van der Waals surface area contributed by atoms with Gasteiger partial charge in [-0.15, -0.1) is 0 Å². The van der Waals surface area contributed by atoms with Crippen molar-refractivity contribution in [2.24, 2.45) is 0 Å². The van der Waals surface area contributed by atoms with Crippen LogP contribution in [0.25, 0.3) is 0 Å². The van der Waals surface area contributed by atoms with Crippen LogP contribution in [0.2, 0.25) is 0 Å². The van der Waals surface area contributed by atoms with Crippen LogP contribution in [0.1, 0.15) is 33.5 Å². The molecule has 0 saturated carbocycles. The first-order valence-corrected chi connectivity index (χ1v) is 11.7. The van der Waals surface area contributed by atoms with Crippen LogP contribution in [0.3, 0.4) is 0 Å². The predicted molar refractivity (Wildman–Crippen MR) is 130 cm³/mol. The zero-order chi connectivity index (χ0) is 23.3. The van der Waals surface area contributed by atoms with Gasteiger partial charge in [-0.25, -0.2) is 4.98 Å². The van der Waals surface area contributed by atoms with E-state index in [0.29, 0.717) is 17.9 Å². The van der Waals surface area contributed by atoms with Crippen molar-refractivity contribution in [3.05, 3.63) is 58.8 Å². The molecule has 0 aliphatic carbocycles. The molecule has 6 nitrogen and oxygen atoms in total. The number of rotatable bonds is 8. The van der Waals surface area contributed by atoms with Crippen molar-refractivity contribution in [3.8, 4) is 11.8 Å². The molecule has 0 spiro atoms. The SMILES string of the molecule is COc1cc(C)c(Sc2cnc(Nc3cc(C)cc(C)c3)s2)cc1C(=O)N(C)CCC#N. The number of thiazole rings is 1. The van der Waals surface area contributed by atoms with E-state index in [4.69, 9.17) is 10.00 Å². The highest BCUT2D eigenvalue weighted by Gasteiger charge is 2.19. The molecule has 0 unspecified atom stereocenters. The Labute approximate surface area is 197 Å². The molecule has 3 aromatic rings. The third-order valence-electron chi connectivity index (χ3n) is 4.80. The summed E-state index contributed by atoms with van der Waals surface area (Å²) < 4.78 is 6.47. The lowest BCUT2D eigenvalue weighted by atomic mass is 10.1. The Morgan fingerprint density at radius 1 is 1.22 bits per heavy atom. The fourth-order valence-corrected chi connectivity index (χ4v) is 5.24. The summed E-state index contributed by atoms with van der Waals surface area (Å²) in [6, 6.07) is 12.1. The summed E-state index contributed by atoms with van der Waals surface area (Å²) in [7, 11) is 3.25. The van der Waals surface area contributed by atoms with Crippen molar-refractivity contribution in [2.75, 3.05) is 26.0 Å². The standard InChI is InChI=1S/C24H26N4O2S2/c1-15-9-16(2)11-18(10-15)27-24-26-14-22(32-24)31-21-13-19(20(30-5)12-17(21)3)23(29)28(4)8-6-7-25/h9-14H,6,8H2,1-5H3,(H,26,27). The molecule has 8 heteroatoms. The first-order chi connectivity index (χ1) is 15.3. The van der Waals surface area contributed by atoms with E-state index in [1.807, 2.05) is 25.3 Å². The van der Waals surface area contributed by atoms with Crippen molar-refractivity contribution in [3.63, 3.8) is 0 Å². The number of methoxy groups -OCH3 is 1. The van der Waals surface area contributed by atoms with Crippen LogP contribution >= 0.6 is 23.1 Å². The van der Waals surface area contributed by atoms with Gasteiger partial charge in [0.1, 0.15) is 5.75 Å². The Hall–Kier alpha value is -3.02. The van der Waals surface area contributed by atoms with Gasteiger partial charge >= 0.3 is 0 Å². The number of aryl methyl sites for hydroxylation is 3. The van der Waals surface area contributed by atoms with Crippen molar-refractivity contribution < 1.29 is 9.53 Å². The van der Waals surface area contributed by atoms with Gasteiger partial charge < -0.3 is 15.0 Å². The predicted octanol–water partition coefficient (Wildman–Crippen LogP) is 5.96. The molecule has 0 aliphatic rings. The molecule has 2 aromatic carbocycles. The topological polar surface area (TPSA) is 78.2 Å². The number of nitrogens with zero attached hydrogens (tertiary/aromatic N) is 3. The lowest BCUT2D eigenvalue weighted by Crippen LogP contribution is -2.28. The average molecular weight is 467 g/mol. The number of hydrogen-bond acceptors (Lipinski definition) is 7. The van der Waals surface area contributed by atoms with E-state index >= 15 is 0 Å². The smallest absolute Gasteiger partial charge is 0.257 e. The van der Waals surface area contributed by atoms with E-state index < -0.39 is 0 Å². The highest BCUT2D eigenvalue weighted by atomic mass is 32.2. The molecule has 0 atom stereocenters. The van der Waals surface area contributed by atoms with Crippen LogP contribution in [0, 0.1) is 32.1 Å². The second-order valence-corrected chi connectivity index (χ2v) is 9.91. The number of carbonyl (C=O) groups is 1. The first kappa shape index (κ1) is 23.6. The fourth-order valence-electron chi connectivity index (χ4n) is 3.28. The molecule has 0 fully saturated rings. The van der Waals surface area contributed by atoms with E-state index in [1.165, 1.54) is 11.1 Å². The fraction of sp³-hybridized carbons (Fsp3) is 0.292. The number of benzene rings is 2. The van der Waals surface area contributed by atoms with Gasteiger partial charge in [0.2, 0.25) is 0 Å². The van der Waals surface area contributed by atoms with Crippen molar-refractivity contribution in [2.45, 2.75) is 36.3 Å². The molecular formula is C24H26N4O2S2. The van der Waals surface area contributed by atoms with Crippen molar-refractivity contribution in [1.82, 2.24) is 9.88 Å². The number of nitrogens with one attached hydrogen (secondary N) is 1. The maximum absolute atomic E-state index is 12.9. The van der Waals surface area contributed by atoms with Gasteiger partial charge in [-0.1, -0.05) is 29.2 Å². The van der Waals surface area contributed by atoms with Gasteiger partial charge in [0, 0.05) is 24.2 Å². The average Bonchev–Trinajstić information content (AvgIpc) is 3.18. The van der Waals surface area contributed by atoms with Crippen molar-refractivity contribution >= 4 is 39.8 Å². The van der Waals surface area contributed by atoms with Crippen LogP contribution in [-0.4, -0.2) is 36.5 Å². The van der Waals surface area contributed by atoms with E-state index in [2.05, 4.69) is 48.4 Å². The van der Waals surface area contributed by atoms with E-state index in [9.17, 15) is 4.79 Å². The van der Waals surface area contributed by atoms with Crippen LogP contribution in [-0.2, 0) is 0 Å². The third-order valence-corrected chi connectivity index (χ3v) is 6.97. The number of nitriles is 1. The van der Waals surface area contributed by atoms with Crippen molar-refractivity contribution in [1.29, 1.82) is 5.26 Å². The molecule has 1 N–H and O–H groups in total. The van der Waals surface area contributed by atoms with E-state index in [0.717, 1.165) is 25.5 Å². The minimum atomic E-state index is -0.166. The largest absolute Gasteiger partial charge is 0.496 e. The maximum atomic E-state index is 12.9. The maximum Gasteiger partial charge on any atom is 0.257 e. The van der Waals surface area contributed by atoms with Gasteiger partial charge in [-0.3, -0.25) is 4.79 Å². The van der Waals surface area contributed by atoms with E-state index in [1.54, 1.807) is 42.2 Å². The Morgan fingerprint density at radius 3 is 2.59 bits per heavy atom. The second kappa shape index (κ2) is 10.5. The third kappa shape index (κ3) is 5.81. The molecule has 32 heavy (non-hydrogen) atoms. The van der Waals surface area contributed by atoms with Gasteiger partial charge in [-0.05, 0) is 61.7 Å². The first-order valence-electron chi connectivity index (χ1n) is 10.1. The Balaban J connectivity index is 1.81. The van der Waals surface area contributed by atoms with E-state index in [-0.39, 0.29) is 12.3 Å². The highest BCUT2D eigenvalue weighted by molar-refractivity contribution is 8.01. The minimum absolute atomic E-state index is 0.166. The van der Waals surface area contributed by atoms with Crippen LogP contribution < -0.4 is 10.1 Å². The second-order valence-electron chi connectivity index (χ2n) is 7.54. The van der Waals surface area contributed by atoms with Gasteiger partial charge in [0.25, 0.3) is 5.91 Å². The monoisotopic (exact) mass is 466 g/mol. The summed E-state index contributed by atoms with van der Waals surface area (Å²) in [5, 5.41) is 13.0. The Kier molecular flexibility index (Phi) is 7.78. The van der Waals surface area contributed by atoms with Gasteiger partial charge in [0.05, 0.1) is 35.6 Å². The molecule has 1 heterocycles. The Morgan fingerprint density at radius 2 is 1.94 bits per heavy atom. The molecule has 0 radical (unpaired) electrons. The summed E-state index contributed by atoms with van der Waals surface area (Å²) >= 11 is 3.13. The van der Waals surface area contributed by atoms with Gasteiger partial charge in [-0.2, -0.15) is 5.26 Å². The minimum Gasteiger partial charge on any atom is -0.496 e. The summed E-state index contributed by atoms with van der Waals surface area (Å²) in [5.41, 5.74) is 4.91. The normalized spacial score (nSPS) is 10.5. The lowest BCUT2D eigenvalue weighted by molar-refractivity contribution is 0.0794. The number of carbonyl (C=O) groups excluding carboxylic acids is 1. The molecule has 0 bridgehead atoms. The summed E-state index contributed by atoms with van der Waals surface area (Å²) in [6.07, 6.45) is 2.12. The molecule has 0 saturated heterocycles. The number of ether oxygens (including phenoxy) is 1. The summed E-state index contributed by atoms with van der Waals surface area (Å²) in [4.78, 5) is 19.9. The van der Waals surface area contributed by atoms with Crippen LogP contribution in [0.15, 0.2) is 45.6 Å². The zero-order valence-corrected chi connectivity index (χ0v) is 20.5. The summed E-state index contributed by atoms with van der Waals surface area (Å²) in [6.45, 7) is 6.51. The number of anilines is 2. The van der Waals surface area contributed by atoms with Crippen LogP contribution in [0.4, 0.5) is 10.8 Å². The molecular weight excluding hydrogens is 440 g/mol. The molecule has 0 aliphatic heterocycles.